The third kappa shape index (κ3) is 3.59. The molecule has 0 bridgehead atoms. The van der Waals surface area contributed by atoms with Crippen molar-refractivity contribution in [2.75, 3.05) is 29.9 Å². The van der Waals surface area contributed by atoms with Gasteiger partial charge in [0.2, 0.25) is 10.0 Å². The smallest absolute Gasteiger partial charge is 0.235 e. The number of aromatic hydroxyl groups is 1. The van der Waals surface area contributed by atoms with Gasteiger partial charge in [-0.3, -0.25) is 4.72 Å². The molecule has 0 aliphatic carbocycles. The monoisotopic (exact) mass is 246 g/mol. The molecule has 0 aliphatic heterocycles. The summed E-state index contributed by atoms with van der Waals surface area (Å²) in [6.07, 6.45) is 0. The number of phenols is 1. The van der Waals surface area contributed by atoms with E-state index in [1.807, 2.05) is 0 Å². The summed E-state index contributed by atoms with van der Waals surface area (Å²) in [5, 5.41) is 9.16. The maximum absolute atomic E-state index is 11.5. The van der Waals surface area contributed by atoms with E-state index in [2.05, 4.69) is 9.46 Å². The number of phenolic OH excluding ortho intramolecular Hbond substituents is 1. The minimum atomic E-state index is -3.44. The molecule has 1 aromatic rings. The lowest BCUT2D eigenvalue weighted by atomic mass is 10.3. The summed E-state index contributed by atoms with van der Waals surface area (Å²) in [6.45, 7) is 0.114. The number of nitrogens with one attached hydrogen (secondary N) is 1. The van der Waals surface area contributed by atoms with Gasteiger partial charge in [0.25, 0.3) is 0 Å². The number of rotatable bonds is 5. The molecule has 0 amide bonds. The Bertz CT molecular complexity index is 459. The molecule has 0 saturated heterocycles. The van der Waals surface area contributed by atoms with E-state index in [9.17, 15) is 8.42 Å². The van der Waals surface area contributed by atoms with Crippen molar-refractivity contribution >= 4 is 21.4 Å². The summed E-state index contributed by atoms with van der Waals surface area (Å²) >= 11 is 0. The van der Waals surface area contributed by atoms with Crippen LogP contribution in [0, 0.1) is 0 Å². The maximum atomic E-state index is 11.5. The van der Waals surface area contributed by atoms with Crippen LogP contribution in [-0.2, 0) is 14.8 Å². The molecule has 0 heterocycles. The van der Waals surface area contributed by atoms with E-state index in [-0.39, 0.29) is 23.8 Å². The first-order valence-electron chi connectivity index (χ1n) is 4.52. The summed E-state index contributed by atoms with van der Waals surface area (Å²) in [5.41, 5.74) is 5.86. The Morgan fingerprint density at radius 2 is 2.19 bits per heavy atom. The van der Waals surface area contributed by atoms with Gasteiger partial charge in [-0.1, -0.05) is 0 Å². The fraction of sp³-hybridized carbons (Fsp3) is 0.333. The molecule has 6 nitrogen and oxygen atoms in total. The molecule has 90 valence electrons. The number of ether oxygens (including phenoxy) is 1. The van der Waals surface area contributed by atoms with Crippen LogP contribution in [0.5, 0.6) is 5.75 Å². The second-order valence-corrected chi connectivity index (χ2v) is 5.03. The van der Waals surface area contributed by atoms with Gasteiger partial charge in [0, 0.05) is 7.11 Å². The highest BCUT2D eigenvalue weighted by atomic mass is 32.2. The fourth-order valence-corrected chi connectivity index (χ4v) is 2.02. The van der Waals surface area contributed by atoms with Crippen LogP contribution < -0.4 is 10.5 Å². The first-order valence-corrected chi connectivity index (χ1v) is 6.18. The number of methoxy groups -OCH3 is 1. The molecule has 16 heavy (non-hydrogen) atoms. The first kappa shape index (κ1) is 12.6. The molecule has 0 aromatic heterocycles. The molecule has 1 aromatic carbocycles. The third-order valence-electron chi connectivity index (χ3n) is 1.86. The quantitative estimate of drug-likeness (QED) is 0.395. The predicted molar refractivity (Wildman–Crippen MR) is 61.8 cm³/mol. The van der Waals surface area contributed by atoms with Crippen LogP contribution in [-0.4, -0.2) is 33.0 Å². The number of hydrogen-bond acceptors (Lipinski definition) is 5. The van der Waals surface area contributed by atoms with Crippen molar-refractivity contribution in [2.24, 2.45) is 0 Å². The topological polar surface area (TPSA) is 102 Å². The summed E-state index contributed by atoms with van der Waals surface area (Å²) in [6, 6.07) is 4.10. The van der Waals surface area contributed by atoms with Gasteiger partial charge in [-0.05, 0) is 18.2 Å². The minimum Gasteiger partial charge on any atom is -0.506 e. The molecule has 1 rings (SSSR count). The van der Waals surface area contributed by atoms with Crippen LogP contribution in [0.2, 0.25) is 0 Å². The number of hydrogen-bond donors (Lipinski definition) is 3. The van der Waals surface area contributed by atoms with Crippen molar-refractivity contribution in [3.63, 3.8) is 0 Å². The average molecular weight is 246 g/mol. The molecule has 0 saturated carbocycles. The number of benzene rings is 1. The number of nitrogen functional groups attached to an aromatic ring is 1. The lowest BCUT2D eigenvalue weighted by molar-refractivity contribution is 0.217. The molecule has 0 radical (unpaired) electrons. The molecule has 7 heteroatoms. The molecule has 4 N–H and O–H groups in total. The van der Waals surface area contributed by atoms with Crippen LogP contribution in [0.15, 0.2) is 18.2 Å². The highest BCUT2D eigenvalue weighted by molar-refractivity contribution is 7.92. The second kappa shape index (κ2) is 5.04. The Morgan fingerprint density at radius 3 is 2.75 bits per heavy atom. The van der Waals surface area contributed by atoms with Crippen molar-refractivity contribution in [3.8, 4) is 5.75 Å². The molecular weight excluding hydrogens is 232 g/mol. The van der Waals surface area contributed by atoms with E-state index in [4.69, 9.17) is 10.8 Å². The zero-order chi connectivity index (χ0) is 12.2. The van der Waals surface area contributed by atoms with Crippen molar-refractivity contribution in [3.05, 3.63) is 18.2 Å². The Labute approximate surface area is 94.1 Å². The first-order chi connectivity index (χ1) is 7.44. The Balaban J connectivity index is 2.76. The number of nitrogens with two attached hydrogens (primary N) is 1. The van der Waals surface area contributed by atoms with Crippen molar-refractivity contribution in [2.45, 2.75) is 0 Å². The molecule has 0 unspecified atom stereocenters. The van der Waals surface area contributed by atoms with Gasteiger partial charge >= 0.3 is 0 Å². The van der Waals surface area contributed by atoms with Gasteiger partial charge in [0.05, 0.1) is 23.7 Å². The summed E-state index contributed by atoms with van der Waals surface area (Å²) in [5.74, 6) is -0.218. The van der Waals surface area contributed by atoms with Crippen LogP contribution in [0.25, 0.3) is 0 Å². The van der Waals surface area contributed by atoms with E-state index < -0.39 is 10.0 Å². The normalized spacial score (nSPS) is 11.3. The number of anilines is 2. The van der Waals surface area contributed by atoms with E-state index in [0.29, 0.717) is 5.69 Å². The summed E-state index contributed by atoms with van der Waals surface area (Å²) < 4.78 is 29.9. The minimum absolute atomic E-state index is 0.0835. The molecule has 0 fully saturated rings. The summed E-state index contributed by atoms with van der Waals surface area (Å²) in [7, 11) is -2.01. The van der Waals surface area contributed by atoms with Crippen LogP contribution in [0.1, 0.15) is 0 Å². The van der Waals surface area contributed by atoms with E-state index in [1.54, 1.807) is 0 Å². The van der Waals surface area contributed by atoms with Crippen molar-refractivity contribution in [1.82, 2.24) is 0 Å². The van der Waals surface area contributed by atoms with Gasteiger partial charge in [-0.2, -0.15) is 0 Å². The molecule has 0 aliphatic rings. The van der Waals surface area contributed by atoms with Gasteiger partial charge in [-0.25, -0.2) is 8.42 Å². The Morgan fingerprint density at radius 1 is 1.50 bits per heavy atom. The van der Waals surface area contributed by atoms with E-state index in [0.717, 1.165) is 0 Å². The van der Waals surface area contributed by atoms with Gasteiger partial charge in [-0.15, -0.1) is 0 Å². The number of sulfonamides is 1. The SMILES string of the molecule is COCCS(=O)(=O)Nc1ccc(O)c(N)c1. The molecule has 0 spiro atoms. The van der Waals surface area contributed by atoms with Crippen LogP contribution in [0.3, 0.4) is 0 Å². The largest absolute Gasteiger partial charge is 0.506 e. The highest BCUT2D eigenvalue weighted by Crippen LogP contribution is 2.23. The highest BCUT2D eigenvalue weighted by Gasteiger charge is 2.10. The molecule has 0 atom stereocenters. The van der Waals surface area contributed by atoms with Crippen LogP contribution >= 0.6 is 0 Å². The van der Waals surface area contributed by atoms with E-state index in [1.165, 1.54) is 25.3 Å². The zero-order valence-electron chi connectivity index (χ0n) is 8.80. The van der Waals surface area contributed by atoms with E-state index >= 15 is 0 Å². The lowest BCUT2D eigenvalue weighted by Gasteiger charge is -2.08. The predicted octanol–water partition coefficient (Wildman–Crippen LogP) is 0.362. The Hall–Kier alpha value is -1.47. The van der Waals surface area contributed by atoms with Gasteiger partial charge in [0.15, 0.2) is 0 Å². The second-order valence-electron chi connectivity index (χ2n) is 3.19. The van der Waals surface area contributed by atoms with Crippen molar-refractivity contribution < 1.29 is 18.3 Å². The van der Waals surface area contributed by atoms with Gasteiger partial charge in [0.1, 0.15) is 5.75 Å². The zero-order valence-corrected chi connectivity index (χ0v) is 9.62. The third-order valence-corrected chi connectivity index (χ3v) is 3.11. The van der Waals surface area contributed by atoms with Gasteiger partial charge < -0.3 is 15.6 Å². The standard InChI is InChI=1S/C9H14N2O4S/c1-15-4-5-16(13,14)11-7-2-3-9(12)8(10)6-7/h2-3,6,11-12H,4-5,10H2,1H3. The molecular formula is C9H14N2O4S. The van der Waals surface area contributed by atoms with Crippen molar-refractivity contribution in [1.29, 1.82) is 0 Å². The Kier molecular flexibility index (Phi) is 3.97. The fourth-order valence-electron chi connectivity index (χ4n) is 1.04. The maximum Gasteiger partial charge on any atom is 0.235 e. The van der Waals surface area contributed by atoms with Crippen LogP contribution in [0.4, 0.5) is 11.4 Å². The summed E-state index contributed by atoms with van der Waals surface area (Å²) in [4.78, 5) is 0. The lowest BCUT2D eigenvalue weighted by Crippen LogP contribution is -2.19. The average Bonchev–Trinajstić information content (AvgIpc) is 2.20.